The lowest BCUT2D eigenvalue weighted by Gasteiger charge is -2.55. The summed E-state index contributed by atoms with van der Waals surface area (Å²) in [5, 5.41) is 0. The zero-order chi connectivity index (χ0) is 9.76. The molecule has 4 rings (SSSR count). The lowest BCUT2D eigenvalue weighted by molar-refractivity contribution is -0.321. The van der Waals surface area contributed by atoms with Crippen LogP contribution in [0.5, 0.6) is 0 Å². The first-order valence-electron chi connectivity index (χ1n) is 5.53. The highest BCUT2D eigenvalue weighted by atomic mass is 16.7. The van der Waals surface area contributed by atoms with E-state index in [2.05, 4.69) is 0 Å². The van der Waals surface area contributed by atoms with Gasteiger partial charge in [-0.05, 0) is 31.1 Å². The van der Waals surface area contributed by atoms with Gasteiger partial charge in [0.1, 0.15) is 0 Å². The first-order chi connectivity index (χ1) is 6.65. The number of hydrogen-bond acceptors (Lipinski definition) is 3. The molecule has 0 amide bonds. The third-order valence-corrected chi connectivity index (χ3v) is 3.77. The van der Waals surface area contributed by atoms with Gasteiger partial charge in [-0.2, -0.15) is 0 Å². The van der Waals surface area contributed by atoms with E-state index in [-0.39, 0.29) is 5.97 Å². The average molecular weight is 196 g/mol. The Morgan fingerprint density at radius 2 is 1.93 bits per heavy atom. The Bertz CT molecular complexity index is 236. The SMILES string of the molecule is CC(=O)OC12CC3CC(CC(C3)O1)C2. The molecule has 0 spiro atoms. The van der Waals surface area contributed by atoms with Crippen molar-refractivity contribution in [1.82, 2.24) is 0 Å². The standard InChI is InChI=1S/C11H16O3/c1-7(12)13-11-5-8-2-9(6-11)4-10(3-8)14-11/h8-10H,2-6H2,1H3. The van der Waals surface area contributed by atoms with Gasteiger partial charge in [0.25, 0.3) is 0 Å². The predicted octanol–water partition coefficient (Wildman–Crippen LogP) is 1.85. The van der Waals surface area contributed by atoms with Gasteiger partial charge in [0, 0.05) is 19.8 Å². The monoisotopic (exact) mass is 196 g/mol. The van der Waals surface area contributed by atoms with Gasteiger partial charge in [-0.1, -0.05) is 0 Å². The first-order valence-corrected chi connectivity index (χ1v) is 5.53. The Morgan fingerprint density at radius 1 is 1.29 bits per heavy atom. The number of rotatable bonds is 1. The molecule has 0 aromatic rings. The molecule has 4 bridgehead atoms. The molecule has 0 aromatic carbocycles. The van der Waals surface area contributed by atoms with Crippen molar-refractivity contribution in [3.63, 3.8) is 0 Å². The minimum absolute atomic E-state index is 0.202. The van der Waals surface area contributed by atoms with E-state index in [1.54, 1.807) is 0 Å². The van der Waals surface area contributed by atoms with Crippen molar-refractivity contribution in [3.05, 3.63) is 0 Å². The molecular weight excluding hydrogens is 180 g/mol. The van der Waals surface area contributed by atoms with Crippen LogP contribution in [0.3, 0.4) is 0 Å². The van der Waals surface area contributed by atoms with Gasteiger partial charge in [0.2, 0.25) is 5.79 Å². The van der Waals surface area contributed by atoms with Crippen molar-refractivity contribution in [2.45, 2.75) is 50.9 Å². The highest BCUT2D eigenvalue weighted by molar-refractivity contribution is 5.66. The van der Waals surface area contributed by atoms with Crippen LogP contribution in [0, 0.1) is 11.8 Å². The van der Waals surface area contributed by atoms with Crippen LogP contribution >= 0.6 is 0 Å². The summed E-state index contributed by atoms with van der Waals surface area (Å²) >= 11 is 0. The van der Waals surface area contributed by atoms with Gasteiger partial charge in [0.15, 0.2) is 0 Å². The molecule has 2 saturated carbocycles. The van der Waals surface area contributed by atoms with E-state index >= 15 is 0 Å². The normalized spacial score (nSPS) is 49.4. The van der Waals surface area contributed by atoms with Gasteiger partial charge >= 0.3 is 5.97 Å². The van der Waals surface area contributed by atoms with Crippen LogP contribution in [-0.4, -0.2) is 17.9 Å². The van der Waals surface area contributed by atoms with Crippen molar-refractivity contribution < 1.29 is 14.3 Å². The largest absolute Gasteiger partial charge is 0.433 e. The van der Waals surface area contributed by atoms with Crippen LogP contribution < -0.4 is 0 Å². The van der Waals surface area contributed by atoms with Gasteiger partial charge < -0.3 is 9.47 Å². The summed E-state index contributed by atoms with van der Waals surface area (Å²) in [6.07, 6.45) is 5.90. The third kappa shape index (κ3) is 1.26. The summed E-state index contributed by atoms with van der Waals surface area (Å²) in [5.74, 6) is 0.744. The lowest BCUT2D eigenvalue weighted by atomic mass is 9.66. The van der Waals surface area contributed by atoms with E-state index in [0.29, 0.717) is 6.10 Å². The highest BCUT2D eigenvalue weighted by Gasteiger charge is 2.54. The molecule has 3 heteroatoms. The van der Waals surface area contributed by atoms with E-state index in [0.717, 1.165) is 24.7 Å². The number of carbonyl (C=O) groups excluding carboxylic acids is 1. The molecule has 4 aliphatic rings. The second kappa shape index (κ2) is 2.72. The summed E-state index contributed by atoms with van der Waals surface area (Å²) < 4.78 is 11.3. The smallest absolute Gasteiger partial charge is 0.305 e. The van der Waals surface area contributed by atoms with Gasteiger partial charge in [-0.15, -0.1) is 0 Å². The average Bonchev–Trinajstić information content (AvgIpc) is 1.96. The number of esters is 1. The molecule has 2 atom stereocenters. The summed E-state index contributed by atoms with van der Waals surface area (Å²) in [5.41, 5.74) is 0. The maximum Gasteiger partial charge on any atom is 0.305 e. The summed E-state index contributed by atoms with van der Waals surface area (Å²) in [6.45, 7) is 1.47. The topological polar surface area (TPSA) is 35.5 Å². The Balaban J connectivity index is 1.83. The van der Waals surface area contributed by atoms with Crippen molar-refractivity contribution in [1.29, 1.82) is 0 Å². The van der Waals surface area contributed by atoms with Crippen molar-refractivity contribution in [2.75, 3.05) is 0 Å². The second-order valence-corrected chi connectivity index (χ2v) is 5.09. The molecule has 2 unspecified atom stereocenters. The molecule has 78 valence electrons. The van der Waals surface area contributed by atoms with E-state index < -0.39 is 5.79 Å². The third-order valence-electron chi connectivity index (χ3n) is 3.77. The van der Waals surface area contributed by atoms with E-state index in [9.17, 15) is 4.79 Å². The minimum Gasteiger partial charge on any atom is -0.433 e. The minimum atomic E-state index is -0.527. The molecule has 2 aliphatic carbocycles. The predicted molar refractivity (Wildman–Crippen MR) is 49.4 cm³/mol. The molecule has 0 aromatic heterocycles. The highest BCUT2D eigenvalue weighted by Crippen LogP contribution is 2.53. The van der Waals surface area contributed by atoms with Crippen LogP contribution in [0.4, 0.5) is 0 Å². The van der Waals surface area contributed by atoms with Crippen LogP contribution in [0.1, 0.15) is 39.0 Å². The van der Waals surface area contributed by atoms with E-state index in [1.807, 2.05) is 0 Å². The first kappa shape index (κ1) is 8.72. The van der Waals surface area contributed by atoms with Crippen molar-refractivity contribution in [2.24, 2.45) is 11.8 Å². The Morgan fingerprint density at radius 3 is 2.43 bits per heavy atom. The maximum atomic E-state index is 11.0. The van der Waals surface area contributed by atoms with Crippen molar-refractivity contribution >= 4 is 5.97 Å². The molecule has 0 N–H and O–H groups in total. The van der Waals surface area contributed by atoms with Crippen LogP contribution in [0.2, 0.25) is 0 Å². The fourth-order valence-corrected chi connectivity index (χ4v) is 3.67. The number of hydrogen-bond donors (Lipinski definition) is 0. The zero-order valence-corrected chi connectivity index (χ0v) is 8.49. The molecule has 4 fully saturated rings. The summed E-state index contributed by atoms with van der Waals surface area (Å²) in [7, 11) is 0. The molecule has 14 heavy (non-hydrogen) atoms. The second-order valence-electron chi connectivity index (χ2n) is 5.09. The quantitative estimate of drug-likeness (QED) is 0.600. The molecular formula is C11H16O3. The van der Waals surface area contributed by atoms with Crippen LogP contribution in [0.15, 0.2) is 0 Å². The van der Waals surface area contributed by atoms with Gasteiger partial charge in [-0.25, -0.2) is 0 Å². The molecule has 2 heterocycles. The van der Waals surface area contributed by atoms with E-state index in [1.165, 1.54) is 26.2 Å². The molecule has 2 aliphatic heterocycles. The Kier molecular flexibility index (Phi) is 1.69. The zero-order valence-electron chi connectivity index (χ0n) is 8.49. The number of carbonyl (C=O) groups is 1. The summed E-state index contributed by atoms with van der Waals surface area (Å²) in [6, 6.07) is 0. The Hall–Kier alpha value is -0.570. The van der Waals surface area contributed by atoms with E-state index in [4.69, 9.17) is 9.47 Å². The lowest BCUT2D eigenvalue weighted by Crippen LogP contribution is -2.56. The number of ether oxygens (including phenoxy) is 2. The molecule has 3 nitrogen and oxygen atoms in total. The summed E-state index contributed by atoms with van der Waals surface area (Å²) in [4.78, 5) is 11.0. The fourth-order valence-electron chi connectivity index (χ4n) is 3.67. The van der Waals surface area contributed by atoms with Crippen LogP contribution in [0.25, 0.3) is 0 Å². The molecule has 2 saturated heterocycles. The Labute approximate surface area is 83.8 Å². The van der Waals surface area contributed by atoms with Crippen molar-refractivity contribution in [3.8, 4) is 0 Å². The van der Waals surface area contributed by atoms with Gasteiger partial charge in [0.05, 0.1) is 6.10 Å². The maximum absolute atomic E-state index is 11.0. The molecule has 0 radical (unpaired) electrons. The fraction of sp³-hybridized carbons (Fsp3) is 0.909. The van der Waals surface area contributed by atoms with Gasteiger partial charge in [-0.3, -0.25) is 4.79 Å². The van der Waals surface area contributed by atoms with Crippen LogP contribution in [-0.2, 0) is 14.3 Å².